The quantitative estimate of drug-likeness (QED) is 0.516. The van der Waals surface area contributed by atoms with Gasteiger partial charge in [0.25, 0.3) is 0 Å². The molecule has 1 atom stereocenters. The second-order valence-corrected chi connectivity index (χ2v) is 10.3. The van der Waals surface area contributed by atoms with Crippen molar-refractivity contribution in [2.24, 2.45) is 0 Å². The van der Waals surface area contributed by atoms with E-state index in [1.807, 2.05) is 44.2 Å². The van der Waals surface area contributed by atoms with Gasteiger partial charge >= 0.3 is 0 Å². The van der Waals surface area contributed by atoms with Gasteiger partial charge in [0, 0.05) is 18.1 Å². The second kappa shape index (κ2) is 12.0. The van der Waals surface area contributed by atoms with Crippen LogP contribution in [0.1, 0.15) is 37.8 Å². The van der Waals surface area contributed by atoms with Crippen LogP contribution in [0.3, 0.4) is 0 Å². The Morgan fingerprint density at radius 1 is 1.09 bits per heavy atom. The molecule has 2 aromatic carbocycles. The maximum atomic E-state index is 13.6. The predicted octanol–water partition coefficient (Wildman–Crippen LogP) is 3.75. The van der Waals surface area contributed by atoms with E-state index in [1.165, 1.54) is 11.0 Å². The number of rotatable bonds is 11. The van der Waals surface area contributed by atoms with E-state index >= 15 is 0 Å². The number of carbonyl (C=O) groups is 2. The number of hydrogen-bond donors (Lipinski definition) is 1. The van der Waals surface area contributed by atoms with Crippen molar-refractivity contribution < 1.29 is 18.0 Å². The summed E-state index contributed by atoms with van der Waals surface area (Å²) in [5, 5.41) is 3.22. The summed E-state index contributed by atoms with van der Waals surface area (Å²) in [6, 6.07) is 13.5. The van der Waals surface area contributed by atoms with E-state index in [-0.39, 0.29) is 12.5 Å². The second-order valence-electron chi connectivity index (χ2n) is 7.92. The lowest BCUT2D eigenvalue weighted by Crippen LogP contribution is -2.52. The SMILES string of the molecule is CCCNC(=O)[C@@H](CC)N(Cc1ccccc1)C(=O)CN(c1cc(Cl)ccc1C)S(C)(=O)=O. The Bertz CT molecular complexity index is 1060. The molecule has 2 rings (SSSR count). The van der Waals surface area contributed by atoms with Crippen LogP contribution in [0.2, 0.25) is 5.02 Å². The van der Waals surface area contributed by atoms with Crippen LogP contribution in [0.15, 0.2) is 48.5 Å². The van der Waals surface area contributed by atoms with Gasteiger partial charge in [0.1, 0.15) is 12.6 Å². The van der Waals surface area contributed by atoms with E-state index in [0.29, 0.717) is 29.2 Å². The van der Waals surface area contributed by atoms with Crippen molar-refractivity contribution in [1.29, 1.82) is 0 Å². The van der Waals surface area contributed by atoms with E-state index in [1.54, 1.807) is 19.1 Å². The zero-order chi connectivity index (χ0) is 24.6. The molecule has 0 radical (unpaired) electrons. The highest BCUT2D eigenvalue weighted by molar-refractivity contribution is 7.92. The monoisotopic (exact) mass is 493 g/mol. The van der Waals surface area contributed by atoms with Crippen LogP contribution < -0.4 is 9.62 Å². The molecule has 0 bridgehead atoms. The maximum Gasteiger partial charge on any atom is 0.244 e. The van der Waals surface area contributed by atoms with Crippen LogP contribution >= 0.6 is 11.6 Å². The van der Waals surface area contributed by atoms with Crippen LogP contribution in [0.4, 0.5) is 5.69 Å². The van der Waals surface area contributed by atoms with Crippen molar-refractivity contribution in [3.63, 3.8) is 0 Å². The highest BCUT2D eigenvalue weighted by atomic mass is 35.5. The largest absolute Gasteiger partial charge is 0.354 e. The molecule has 180 valence electrons. The molecule has 7 nitrogen and oxygen atoms in total. The van der Waals surface area contributed by atoms with E-state index in [0.717, 1.165) is 22.5 Å². The van der Waals surface area contributed by atoms with Crippen molar-refractivity contribution in [1.82, 2.24) is 10.2 Å². The summed E-state index contributed by atoms with van der Waals surface area (Å²) in [7, 11) is -3.80. The fourth-order valence-electron chi connectivity index (χ4n) is 3.51. The third-order valence-corrected chi connectivity index (χ3v) is 6.61. The van der Waals surface area contributed by atoms with E-state index in [9.17, 15) is 18.0 Å². The predicted molar refractivity (Wildman–Crippen MR) is 133 cm³/mol. The average Bonchev–Trinajstić information content (AvgIpc) is 2.77. The summed E-state index contributed by atoms with van der Waals surface area (Å²) in [6.45, 7) is 5.78. The van der Waals surface area contributed by atoms with Gasteiger partial charge in [0.05, 0.1) is 11.9 Å². The molecule has 9 heteroatoms. The molecule has 0 aliphatic heterocycles. The lowest BCUT2D eigenvalue weighted by atomic mass is 10.1. The zero-order valence-corrected chi connectivity index (χ0v) is 21.1. The standard InChI is InChI=1S/C24H32ClN3O4S/c1-5-14-26-24(30)21(6-2)27(16-19-10-8-7-9-11-19)23(29)17-28(33(4,31)32)22-15-20(25)13-12-18(22)3/h7-13,15,21H,5-6,14,16-17H2,1-4H3,(H,26,30)/t21-/m1/s1. The number of halogens is 1. The van der Waals surface area contributed by atoms with E-state index in [4.69, 9.17) is 11.6 Å². The summed E-state index contributed by atoms with van der Waals surface area (Å²) in [5.74, 6) is -0.726. The third kappa shape index (κ3) is 7.47. The first-order chi connectivity index (χ1) is 15.6. The molecule has 0 heterocycles. The molecule has 0 fully saturated rings. The van der Waals surface area contributed by atoms with Crippen molar-refractivity contribution in [3.8, 4) is 0 Å². The molecule has 1 N–H and O–H groups in total. The van der Waals surface area contributed by atoms with E-state index < -0.39 is 28.5 Å². The Kier molecular flexibility index (Phi) is 9.73. The topological polar surface area (TPSA) is 86.8 Å². The first-order valence-corrected chi connectivity index (χ1v) is 13.2. The minimum Gasteiger partial charge on any atom is -0.354 e. The molecule has 2 aromatic rings. The molecule has 0 unspecified atom stereocenters. The van der Waals surface area contributed by atoms with Crippen LogP contribution in [0, 0.1) is 6.92 Å². The first kappa shape index (κ1) is 26.7. The van der Waals surface area contributed by atoms with Crippen LogP contribution in [0.25, 0.3) is 0 Å². The van der Waals surface area contributed by atoms with Crippen molar-refractivity contribution in [2.45, 2.75) is 46.2 Å². The molecule has 0 spiro atoms. The average molecular weight is 494 g/mol. The number of anilines is 1. The summed E-state index contributed by atoms with van der Waals surface area (Å²) >= 11 is 6.11. The molecule has 0 aliphatic carbocycles. The van der Waals surface area contributed by atoms with Crippen molar-refractivity contribution >= 4 is 39.1 Å². The fourth-order valence-corrected chi connectivity index (χ4v) is 4.58. The van der Waals surface area contributed by atoms with Gasteiger partial charge in [-0.2, -0.15) is 0 Å². The van der Waals surface area contributed by atoms with Gasteiger partial charge in [-0.05, 0) is 43.0 Å². The molecular formula is C24H32ClN3O4S. The van der Waals surface area contributed by atoms with Crippen molar-refractivity contribution in [2.75, 3.05) is 23.7 Å². The summed E-state index contributed by atoms with van der Waals surface area (Å²) in [6.07, 6.45) is 2.21. The van der Waals surface area contributed by atoms with Gasteiger partial charge in [-0.3, -0.25) is 13.9 Å². The Morgan fingerprint density at radius 2 is 1.76 bits per heavy atom. The first-order valence-electron chi connectivity index (χ1n) is 10.9. The fraction of sp³-hybridized carbons (Fsp3) is 0.417. The number of aryl methyl sites for hydroxylation is 1. The highest BCUT2D eigenvalue weighted by Crippen LogP contribution is 2.27. The maximum absolute atomic E-state index is 13.6. The van der Waals surface area contributed by atoms with Crippen LogP contribution in [-0.2, 0) is 26.2 Å². The highest BCUT2D eigenvalue weighted by Gasteiger charge is 2.32. The van der Waals surface area contributed by atoms with E-state index in [2.05, 4.69) is 5.32 Å². The van der Waals surface area contributed by atoms with Gasteiger partial charge in [0.15, 0.2) is 0 Å². The molecule has 0 aliphatic rings. The summed E-state index contributed by atoms with van der Waals surface area (Å²) < 4.78 is 26.4. The smallest absolute Gasteiger partial charge is 0.244 e. The molecular weight excluding hydrogens is 462 g/mol. The van der Waals surface area contributed by atoms with Crippen LogP contribution in [-0.4, -0.2) is 50.5 Å². The molecule has 0 aromatic heterocycles. The normalized spacial score (nSPS) is 12.2. The number of sulfonamides is 1. The van der Waals surface area contributed by atoms with Crippen molar-refractivity contribution in [3.05, 3.63) is 64.7 Å². The van der Waals surface area contributed by atoms with Gasteiger partial charge in [0.2, 0.25) is 21.8 Å². The molecule has 0 saturated heterocycles. The number of carbonyl (C=O) groups excluding carboxylic acids is 2. The number of nitrogens with one attached hydrogen (secondary N) is 1. The Balaban J connectivity index is 2.44. The Labute approximate surface area is 201 Å². The number of amides is 2. The summed E-state index contributed by atoms with van der Waals surface area (Å²) in [5.41, 5.74) is 1.85. The molecule has 0 saturated carbocycles. The Hall–Kier alpha value is -2.58. The van der Waals surface area contributed by atoms with Gasteiger partial charge in [-0.15, -0.1) is 0 Å². The van der Waals surface area contributed by atoms with Gasteiger partial charge < -0.3 is 10.2 Å². The zero-order valence-electron chi connectivity index (χ0n) is 19.5. The third-order valence-electron chi connectivity index (χ3n) is 5.25. The number of hydrogen-bond acceptors (Lipinski definition) is 4. The van der Waals surface area contributed by atoms with Gasteiger partial charge in [-0.25, -0.2) is 8.42 Å². The molecule has 2 amide bonds. The molecule has 33 heavy (non-hydrogen) atoms. The number of nitrogens with zero attached hydrogens (tertiary/aromatic N) is 2. The Morgan fingerprint density at radius 3 is 2.33 bits per heavy atom. The minimum absolute atomic E-state index is 0.184. The van der Waals surface area contributed by atoms with Crippen LogP contribution in [0.5, 0.6) is 0 Å². The van der Waals surface area contributed by atoms with Gasteiger partial charge in [-0.1, -0.05) is 61.8 Å². The lowest BCUT2D eigenvalue weighted by Gasteiger charge is -2.33. The minimum atomic E-state index is -3.80. The number of benzene rings is 2. The lowest BCUT2D eigenvalue weighted by molar-refractivity contribution is -0.140. The summed E-state index contributed by atoms with van der Waals surface area (Å²) in [4.78, 5) is 27.9.